The van der Waals surface area contributed by atoms with Crippen molar-refractivity contribution < 1.29 is 24.5 Å². The van der Waals surface area contributed by atoms with Crippen molar-refractivity contribution in [1.29, 1.82) is 0 Å². The maximum Gasteiger partial charge on any atom is 0.329 e. The SMILES string of the molecule is CN(CC1(O)CCOCC1)C(=O)NC1(C(=O)O)CCC1. The summed E-state index contributed by atoms with van der Waals surface area (Å²) in [6, 6.07) is -0.452. The number of rotatable bonds is 4. The van der Waals surface area contributed by atoms with E-state index >= 15 is 0 Å². The fourth-order valence-electron chi connectivity index (χ4n) is 2.65. The molecule has 7 heteroatoms. The minimum absolute atomic E-state index is 0.178. The summed E-state index contributed by atoms with van der Waals surface area (Å²) in [5, 5.41) is 22.1. The van der Waals surface area contributed by atoms with Crippen LogP contribution in [0, 0.1) is 0 Å². The highest BCUT2D eigenvalue weighted by molar-refractivity contribution is 5.87. The maximum absolute atomic E-state index is 12.1. The molecule has 20 heavy (non-hydrogen) atoms. The van der Waals surface area contributed by atoms with Gasteiger partial charge in [0.25, 0.3) is 0 Å². The monoisotopic (exact) mass is 286 g/mol. The number of aliphatic carboxylic acids is 1. The van der Waals surface area contributed by atoms with E-state index in [0.29, 0.717) is 38.9 Å². The van der Waals surface area contributed by atoms with Crippen LogP contribution < -0.4 is 5.32 Å². The molecule has 1 heterocycles. The predicted molar refractivity (Wildman–Crippen MR) is 70.4 cm³/mol. The van der Waals surface area contributed by atoms with E-state index < -0.39 is 23.1 Å². The molecule has 114 valence electrons. The largest absolute Gasteiger partial charge is 0.480 e. The number of carboxylic acid groups (broad SMARTS) is 1. The Kier molecular flexibility index (Phi) is 4.19. The lowest BCUT2D eigenvalue weighted by Crippen LogP contribution is -2.62. The molecule has 2 rings (SSSR count). The molecule has 7 nitrogen and oxygen atoms in total. The van der Waals surface area contributed by atoms with Gasteiger partial charge in [-0.3, -0.25) is 0 Å². The van der Waals surface area contributed by atoms with E-state index in [0.717, 1.165) is 6.42 Å². The standard InChI is InChI=1S/C13H22N2O5/c1-15(9-12(19)5-7-20-8-6-12)11(18)14-13(10(16)17)3-2-4-13/h19H,2-9H2,1H3,(H,14,18)(H,16,17). The summed E-state index contributed by atoms with van der Waals surface area (Å²) in [5.41, 5.74) is -2.07. The Morgan fingerprint density at radius 2 is 1.85 bits per heavy atom. The van der Waals surface area contributed by atoms with Gasteiger partial charge in [-0.1, -0.05) is 0 Å². The number of ether oxygens (including phenoxy) is 1. The van der Waals surface area contributed by atoms with Crippen molar-refractivity contribution in [2.24, 2.45) is 0 Å². The van der Waals surface area contributed by atoms with Gasteiger partial charge in [-0.05, 0) is 19.3 Å². The third-order valence-corrected chi connectivity index (χ3v) is 4.26. The summed E-state index contributed by atoms with van der Waals surface area (Å²) in [6.07, 6.45) is 2.68. The van der Waals surface area contributed by atoms with Crippen LogP contribution in [0.1, 0.15) is 32.1 Å². The number of likely N-dealkylation sites (N-methyl/N-ethyl adjacent to an activating group) is 1. The predicted octanol–water partition coefficient (Wildman–Crippen LogP) is 0.177. The summed E-state index contributed by atoms with van der Waals surface area (Å²) in [4.78, 5) is 24.7. The Hall–Kier alpha value is -1.34. The van der Waals surface area contributed by atoms with Gasteiger partial charge < -0.3 is 25.2 Å². The molecular formula is C13H22N2O5. The van der Waals surface area contributed by atoms with Gasteiger partial charge in [0.2, 0.25) is 0 Å². The van der Waals surface area contributed by atoms with Gasteiger partial charge in [0.15, 0.2) is 0 Å². The first-order valence-electron chi connectivity index (χ1n) is 6.94. The molecule has 0 aromatic carbocycles. The van der Waals surface area contributed by atoms with Gasteiger partial charge in [0, 0.05) is 33.1 Å². The molecule has 0 bridgehead atoms. The molecule has 2 fully saturated rings. The van der Waals surface area contributed by atoms with Crippen LogP contribution in [0.5, 0.6) is 0 Å². The van der Waals surface area contributed by atoms with E-state index in [2.05, 4.69) is 5.32 Å². The van der Waals surface area contributed by atoms with Gasteiger partial charge in [-0.2, -0.15) is 0 Å². The molecule has 0 unspecified atom stereocenters. The van der Waals surface area contributed by atoms with E-state index in [1.54, 1.807) is 7.05 Å². The first-order valence-corrected chi connectivity index (χ1v) is 6.94. The first kappa shape index (κ1) is 15.1. The summed E-state index contributed by atoms with van der Waals surface area (Å²) >= 11 is 0. The van der Waals surface area contributed by atoms with Crippen LogP contribution in [-0.2, 0) is 9.53 Å². The average molecular weight is 286 g/mol. The molecule has 2 amide bonds. The van der Waals surface area contributed by atoms with Crippen LogP contribution in [0.3, 0.4) is 0 Å². The van der Waals surface area contributed by atoms with E-state index in [1.807, 2.05) is 0 Å². The molecule has 0 atom stereocenters. The molecule has 3 N–H and O–H groups in total. The first-order chi connectivity index (χ1) is 9.37. The number of hydrogen-bond acceptors (Lipinski definition) is 4. The van der Waals surface area contributed by atoms with Crippen LogP contribution in [0.15, 0.2) is 0 Å². The Balaban J connectivity index is 1.90. The van der Waals surface area contributed by atoms with Crippen molar-refractivity contribution in [3.8, 4) is 0 Å². The zero-order chi connectivity index (χ0) is 14.8. The fraction of sp³-hybridized carbons (Fsp3) is 0.846. The van der Waals surface area contributed by atoms with Crippen LogP contribution in [0.4, 0.5) is 4.79 Å². The molecule has 0 aromatic heterocycles. The summed E-state index contributed by atoms with van der Waals surface area (Å²) in [6.45, 7) is 1.13. The topological polar surface area (TPSA) is 99.1 Å². The van der Waals surface area contributed by atoms with Gasteiger partial charge >= 0.3 is 12.0 Å². The van der Waals surface area contributed by atoms with Crippen molar-refractivity contribution in [1.82, 2.24) is 10.2 Å². The molecule has 1 aliphatic heterocycles. The minimum Gasteiger partial charge on any atom is -0.480 e. The minimum atomic E-state index is -1.12. The highest BCUT2D eigenvalue weighted by Gasteiger charge is 2.46. The van der Waals surface area contributed by atoms with Crippen molar-refractivity contribution in [2.45, 2.75) is 43.2 Å². The van der Waals surface area contributed by atoms with Gasteiger partial charge in [-0.25, -0.2) is 9.59 Å². The normalized spacial score (nSPS) is 23.5. The number of aliphatic hydroxyl groups is 1. The second-order valence-electron chi connectivity index (χ2n) is 5.86. The van der Waals surface area contributed by atoms with Crippen LogP contribution in [0.2, 0.25) is 0 Å². The highest BCUT2D eigenvalue weighted by Crippen LogP contribution is 2.32. The lowest BCUT2D eigenvalue weighted by Gasteiger charge is -2.41. The number of nitrogens with one attached hydrogen (secondary N) is 1. The van der Waals surface area contributed by atoms with Crippen molar-refractivity contribution in [2.75, 3.05) is 26.8 Å². The fourth-order valence-corrected chi connectivity index (χ4v) is 2.65. The number of hydrogen-bond donors (Lipinski definition) is 3. The number of amides is 2. The second kappa shape index (κ2) is 5.57. The van der Waals surface area contributed by atoms with E-state index in [4.69, 9.17) is 4.74 Å². The molecular weight excluding hydrogens is 264 g/mol. The lowest BCUT2D eigenvalue weighted by atomic mass is 9.77. The quantitative estimate of drug-likeness (QED) is 0.684. The maximum atomic E-state index is 12.1. The Labute approximate surface area is 117 Å². The van der Waals surface area contributed by atoms with Crippen LogP contribution in [-0.4, -0.2) is 65.1 Å². The van der Waals surface area contributed by atoms with Crippen molar-refractivity contribution >= 4 is 12.0 Å². The third-order valence-electron chi connectivity index (χ3n) is 4.26. The number of urea groups is 1. The Morgan fingerprint density at radius 1 is 1.25 bits per heavy atom. The number of carboxylic acids is 1. The molecule has 1 saturated heterocycles. The zero-order valence-electron chi connectivity index (χ0n) is 11.7. The van der Waals surface area contributed by atoms with Gasteiger partial charge in [0.05, 0.1) is 12.1 Å². The highest BCUT2D eigenvalue weighted by atomic mass is 16.5. The third kappa shape index (κ3) is 3.04. The zero-order valence-corrected chi connectivity index (χ0v) is 11.7. The van der Waals surface area contributed by atoms with E-state index in [9.17, 15) is 19.8 Å². The smallest absolute Gasteiger partial charge is 0.329 e. The molecule has 0 radical (unpaired) electrons. The Bertz CT molecular complexity index is 388. The van der Waals surface area contributed by atoms with Gasteiger partial charge in [-0.15, -0.1) is 0 Å². The van der Waals surface area contributed by atoms with Crippen LogP contribution in [0.25, 0.3) is 0 Å². The summed E-state index contributed by atoms with van der Waals surface area (Å²) < 4.78 is 5.19. The molecule has 1 aliphatic carbocycles. The van der Waals surface area contributed by atoms with E-state index in [-0.39, 0.29) is 6.54 Å². The average Bonchev–Trinajstić information content (AvgIpc) is 2.33. The molecule has 0 spiro atoms. The molecule has 0 aromatic rings. The lowest BCUT2D eigenvalue weighted by molar-refractivity contribution is -0.148. The van der Waals surface area contributed by atoms with Crippen molar-refractivity contribution in [3.05, 3.63) is 0 Å². The Morgan fingerprint density at radius 3 is 2.30 bits per heavy atom. The van der Waals surface area contributed by atoms with E-state index in [1.165, 1.54) is 4.90 Å². The molecule has 1 saturated carbocycles. The number of nitrogens with zero attached hydrogens (tertiary/aromatic N) is 1. The van der Waals surface area contributed by atoms with Crippen molar-refractivity contribution in [3.63, 3.8) is 0 Å². The van der Waals surface area contributed by atoms with Crippen LogP contribution >= 0.6 is 0 Å². The van der Waals surface area contributed by atoms with Gasteiger partial charge in [0.1, 0.15) is 5.54 Å². The summed E-state index contributed by atoms with van der Waals surface area (Å²) in [5.74, 6) is -0.990. The number of carbonyl (C=O) groups excluding carboxylic acids is 1. The molecule has 2 aliphatic rings. The number of carbonyl (C=O) groups is 2. The second-order valence-corrected chi connectivity index (χ2v) is 5.86. The summed E-state index contributed by atoms with van der Waals surface area (Å²) in [7, 11) is 1.57.